The van der Waals surface area contributed by atoms with Gasteiger partial charge in [0.25, 0.3) is 0 Å². The number of aromatic nitrogens is 1. The molecule has 0 radical (unpaired) electrons. The van der Waals surface area contributed by atoms with Gasteiger partial charge < -0.3 is 16.4 Å². The summed E-state index contributed by atoms with van der Waals surface area (Å²) in [7, 11) is 0. The van der Waals surface area contributed by atoms with Gasteiger partial charge in [-0.15, -0.1) is 0 Å². The fourth-order valence-corrected chi connectivity index (χ4v) is 1.73. The number of guanidine groups is 1. The van der Waals surface area contributed by atoms with E-state index < -0.39 is 0 Å². The predicted molar refractivity (Wildman–Crippen MR) is 76.1 cm³/mol. The number of nitrogens with two attached hydrogens (primary N) is 1. The number of nitrogens with one attached hydrogen (secondary N) is 2. The molecular weight excluding hydrogens is 246 g/mol. The second kappa shape index (κ2) is 6.30. The highest BCUT2D eigenvalue weighted by Crippen LogP contribution is 2.17. The zero-order valence-corrected chi connectivity index (χ0v) is 10.9. The monoisotopic (exact) mass is 263 g/mol. The van der Waals surface area contributed by atoms with Gasteiger partial charge in [-0.3, -0.25) is 4.98 Å². The molecule has 0 unspecified atom stereocenters. The number of thiocarbonyl (C=S) groups is 1. The molecule has 96 valence electrons. The SMILES string of the molecule is NC(=S)NC(=NCc1ccccn1)NC1CCC1. The van der Waals surface area contributed by atoms with Gasteiger partial charge in [-0.2, -0.15) is 0 Å². The van der Waals surface area contributed by atoms with Gasteiger partial charge in [-0.1, -0.05) is 6.07 Å². The number of hydrogen-bond acceptors (Lipinski definition) is 3. The third-order valence-electron chi connectivity index (χ3n) is 2.81. The van der Waals surface area contributed by atoms with Crippen LogP contribution in [0, 0.1) is 0 Å². The quantitative estimate of drug-likeness (QED) is 0.429. The van der Waals surface area contributed by atoms with Gasteiger partial charge >= 0.3 is 0 Å². The van der Waals surface area contributed by atoms with Crippen LogP contribution in [0.15, 0.2) is 29.4 Å². The van der Waals surface area contributed by atoms with E-state index in [1.165, 1.54) is 19.3 Å². The Morgan fingerprint density at radius 3 is 2.89 bits per heavy atom. The van der Waals surface area contributed by atoms with Crippen molar-refractivity contribution in [3.05, 3.63) is 30.1 Å². The maximum atomic E-state index is 5.48. The van der Waals surface area contributed by atoms with E-state index >= 15 is 0 Å². The predicted octanol–water partition coefficient (Wildman–Crippen LogP) is 0.913. The van der Waals surface area contributed by atoms with Crippen LogP contribution in [0.2, 0.25) is 0 Å². The van der Waals surface area contributed by atoms with Crippen LogP contribution in [0.4, 0.5) is 0 Å². The van der Waals surface area contributed by atoms with Gasteiger partial charge in [-0.05, 0) is 43.6 Å². The van der Waals surface area contributed by atoms with Crippen molar-refractivity contribution in [3.63, 3.8) is 0 Å². The Balaban J connectivity index is 1.95. The van der Waals surface area contributed by atoms with Crippen molar-refractivity contribution < 1.29 is 0 Å². The highest BCUT2D eigenvalue weighted by Gasteiger charge is 2.18. The summed E-state index contributed by atoms with van der Waals surface area (Å²) in [5.74, 6) is 0.637. The van der Waals surface area contributed by atoms with E-state index in [1.807, 2.05) is 18.2 Å². The largest absolute Gasteiger partial charge is 0.376 e. The smallest absolute Gasteiger partial charge is 0.198 e. The van der Waals surface area contributed by atoms with E-state index in [-0.39, 0.29) is 5.11 Å². The third-order valence-corrected chi connectivity index (χ3v) is 2.91. The summed E-state index contributed by atoms with van der Waals surface area (Å²) in [4.78, 5) is 8.64. The first kappa shape index (κ1) is 12.8. The number of rotatable bonds is 3. The number of hydrogen-bond donors (Lipinski definition) is 3. The molecule has 4 N–H and O–H groups in total. The van der Waals surface area contributed by atoms with Gasteiger partial charge in [0.2, 0.25) is 0 Å². The molecule has 1 fully saturated rings. The molecule has 0 spiro atoms. The van der Waals surface area contributed by atoms with Crippen molar-refractivity contribution in [1.29, 1.82) is 0 Å². The van der Waals surface area contributed by atoms with Gasteiger partial charge in [-0.25, -0.2) is 4.99 Å². The summed E-state index contributed by atoms with van der Waals surface area (Å²) in [6, 6.07) is 6.24. The van der Waals surface area contributed by atoms with Crippen LogP contribution in [-0.2, 0) is 6.54 Å². The van der Waals surface area contributed by atoms with Gasteiger partial charge in [0, 0.05) is 12.2 Å². The molecule has 0 amide bonds. The summed E-state index contributed by atoms with van der Waals surface area (Å²) < 4.78 is 0. The average Bonchev–Trinajstić information content (AvgIpc) is 2.31. The Bertz CT molecular complexity index is 427. The van der Waals surface area contributed by atoms with Gasteiger partial charge in [0.1, 0.15) is 0 Å². The molecule has 1 heterocycles. The number of nitrogens with zero attached hydrogens (tertiary/aromatic N) is 2. The van der Waals surface area contributed by atoms with Crippen molar-refractivity contribution in [2.24, 2.45) is 10.7 Å². The molecule has 0 aromatic carbocycles. The molecule has 5 nitrogen and oxygen atoms in total. The van der Waals surface area contributed by atoms with Gasteiger partial charge in [0.15, 0.2) is 11.1 Å². The van der Waals surface area contributed by atoms with Crippen LogP contribution in [0.1, 0.15) is 25.0 Å². The minimum Gasteiger partial charge on any atom is -0.376 e. The molecule has 0 aliphatic heterocycles. The molecule has 6 heteroatoms. The van der Waals surface area contributed by atoms with Crippen molar-refractivity contribution in [2.45, 2.75) is 31.8 Å². The van der Waals surface area contributed by atoms with Crippen molar-refractivity contribution >= 4 is 23.3 Å². The maximum Gasteiger partial charge on any atom is 0.198 e. The van der Waals surface area contributed by atoms with Crippen LogP contribution in [0.3, 0.4) is 0 Å². The average molecular weight is 263 g/mol. The minimum atomic E-state index is 0.224. The van der Waals surface area contributed by atoms with Crippen molar-refractivity contribution in [2.75, 3.05) is 0 Å². The van der Waals surface area contributed by atoms with Crippen molar-refractivity contribution in [1.82, 2.24) is 15.6 Å². The van der Waals surface area contributed by atoms with E-state index in [2.05, 4.69) is 20.6 Å². The molecular formula is C12H17N5S. The first-order chi connectivity index (χ1) is 8.74. The van der Waals surface area contributed by atoms with Crippen LogP contribution in [-0.4, -0.2) is 22.1 Å². The Morgan fingerprint density at radius 2 is 2.33 bits per heavy atom. The Labute approximate surface area is 112 Å². The molecule has 1 aliphatic rings. The Kier molecular flexibility index (Phi) is 4.46. The van der Waals surface area contributed by atoms with E-state index in [0.29, 0.717) is 18.5 Å². The molecule has 1 saturated carbocycles. The minimum absolute atomic E-state index is 0.224. The number of aliphatic imine (C=N–C) groups is 1. The lowest BCUT2D eigenvalue weighted by Crippen LogP contribution is -2.49. The zero-order chi connectivity index (χ0) is 12.8. The Hall–Kier alpha value is -1.69. The number of pyridine rings is 1. The van der Waals surface area contributed by atoms with E-state index in [0.717, 1.165) is 5.69 Å². The first-order valence-electron chi connectivity index (χ1n) is 6.01. The lowest BCUT2D eigenvalue weighted by molar-refractivity contribution is 0.381. The van der Waals surface area contributed by atoms with Crippen molar-refractivity contribution in [3.8, 4) is 0 Å². The van der Waals surface area contributed by atoms with E-state index in [4.69, 9.17) is 18.0 Å². The molecule has 0 atom stereocenters. The van der Waals surface area contributed by atoms with E-state index in [9.17, 15) is 0 Å². The molecule has 2 rings (SSSR count). The summed E-state index contributed by atoms with van der Waals surface area (Å²) in [5, 5.41) is 6.39. The molecule has 1 aromatic heterocycles. The molecule has 18 heavy (non-hydrogen) atoms. The lowest BCUT2D eigenvalue weighted by atomic mass is 9.93. The lowest BCUT2D eigenvalue weighted by Gasteiger charge is -2.28. The van der Waals surface area contributed by atoms with Gasteiger partial charge in [0.05, 0.1) is 12.2 Å². The van der Waals surface area contributed by atoms with Crippen LogP contribution < -0.4 is 16.4 Å². The molecule has 0 bridgehead atoms. The molecule has 0 saturated heterocycles. The molecule has 1 aromatic rings. The fourth-order valence-electron chi connectivity index (χ4n) is 1.64. The summed E-state index contributed by atoms with van der Waals surface area (Å²) in [5.41, 5.74) is 6.39. The Morgan fingerprint density at radius 1 is 1.50 bits per heavy atom. The fraction of sp³-hybridized carbons (Fsp3) is 0.417. The van der Waals surface area contributed by atoms with Crippen LogP contribution in [0.25, 0.3) is 0 Å². The maximum absolute atomic E-state index is 5.48. The first-order valence-corrected chi connectivity index (χ1v) is 6.42. The second-order valence-electron chi connectivity index (χ2n) is 4.25. The van der Waals surface area contributed by atoms with Crippen LogP contribution in [0.5, 0.6) is 0 Å². The summed E-state index contributed by atoms with van der Waals surface area (Å²) >= 11 is 4.84. The highest BCUT2D eigenvalue weighted by atomic mass is 32.1. The van der Waals surface area contributed by atoms with Crippen LogP contribution >= 0.6 is 12.2 Å². The highest BCUT2D eigenvalue weighted by molar-refractivity contribution is 7.80. The molecule has 1 aliphatic carbocycles. The third kappa shape index (κ3) is 3.96. The topological polar surface area (TPSA) is 75.3 Å². The summed E-state index contributed by atoms with van der Waals surface area (Å²) in [6.07, 6.45) is 5.35. The normalized spacial score (nSPS) is 15.9. The van der Waals surface area contributed by atoms with E-state index in [1.54, 1.807) is 6.20 Å². The standard InChI is InChI=1S/C12H17N5S/c13-11(18)17-12(16-9-5-3-6-9)15-8-10-4-1-2-7-14-10/h1-2,4,7,9H,3,5-6,8H2,(H4,13,15,16,17,18). The summed E-state index contributed by atoms with van der Waals surface area (Å²) in [6.45, 7) is 0.505. The second-order valence-corrected chi connectivity index (χ2v) is 4.69. The zero-order valence-electron chi connectivity index (χ0n) is 10.1.